The van der Waals surface area contributed by atoms with Crippen molar-refractivity contribution in [2.75, 3.05) is 6.61 Å². The first kappa shape index (κ1) is 8.37. The molecule has 1 heterocycles. The summed E-state index contributed by atoms with van der Waals surface area (Å²) in [4.78, 5) is 10.6. The molecule has 1 rings (SSSR count). The number of nitrogens with one attached hydrogen (secondary N) is 1. The van der Waals surface area contributed by atoms with E-state index in [0.29, 0.717) is 6.61 Å². The largest absolute Gasteiger partial charge is 0.447 e. The van der Waals surface area contributed by atoms with Crippen LogP contribution in [0.15, 0.2) is 0 Å². The number of hydrogen-bond acceptors (Lipinski definition) is 2. The molecule has 11 heavy (non-hydrogen) atoms. The second kappa shape index (κ2) is 4.21. The van der Waals surface area contributed by atoms with Crippen LogP contribution in [-0.4, -0.2) is 18.7 Å². The van der Waals surface area contributed by atoms with Crippen LogP contribution in [-0.2, 0) is 4.74 Å². The Balaban J connectivity index is 2.04. The summed E-state index contributed by atoms with van der Waals surface area (Å²) >= 11 is 0. The first-order chi connectivity index (χ1) is 5.33. The number of alkyl carbamates (subject to hydrolysis) is 1. The van der Waals surface area contributed by atoms with Gasteiger partial charge in [-0.3, -0.25) is 0 Å². The second-order valence-electron chi connectivity index (χ2n) is 2.94. The first-order valence-electron chi connectivity index (χ1n) is 4.26. The van der Waals surface area contributed by atoms with E-state index in [-0.39, 0.29) is 12.1 Å². The SMILES string of the molecule is CCCCCC1COC(=O)N1. The molecule has 3 nitrogen and oxygen atoms in total. The third-order valence-corrected chi connectivity index (χ3v) is 1.89. The van der Waals surface area contributed by atoms with Gasteiger partial charge in [-0.2, -0.15) is 0 Å². The van der Waals surface area contributed by atoms with E-state index in [9.17, 15) is 4.79 Å². The van der Waals surface area contributed by atoms with E-state index in [1.165, 1.54) is 19.3 Å². The van der Waals surface area contributed by atoms with Gasteiger partial charge in [0, 0.05) is 0 Å². The molecule has 0 bridgehead atoms. The number of rotatable bonds is 4. The Kier molecular flexibility index (Phi) is 3.20. The second-order valence-corrected chi connectivity index (χ2v) is 2.94. The number of unbranched alkanes of at least 4 members (excludes halogenated alkanes) is 2. The van der Waals surface area contributed by atoms with Gasteiger partial charge in [-0.1, -0.05) is 26.2 Å². The molecule has 0 aromatic heterocycles. The van der Waals surface area contributed by atoms with Crippen LogP contribution in [0.25, 0.3) is 0 Å². The quantitative estimate of drug-likeness (QED) is 0.630. The van der Waals surface area contributed by atoms with Gasteiger partial charge in [-0.25, -0.2) is 4.79 Å². The number of cyclic esters (lactones) is 1. The minimum Gasteiger partial charge on any atom is -0.447 e. The summed E-state index contributed by atoms with van der Waals surface area (Å²) in [6.07, 6.45) is 4.45. The van der Waals surface area contributed by atoms with Crippen LogP contribution >= 0.6 is 0 Å². The first-order valence-corrected chi connectivity index (χ1v) is 4.26. The van der Waals surface area contributed by atoms with Crippen LogP contribution in [0, 0.1) is 0 Å². The number of amides is 1. The van der Waals surface area contributed by atoms with Crippen molar-refractivity contribution < 1.29 is 9.53 Å². The smallest absolute Gasteiger partial charge is 0.407 e. The van der Waals surface area contributed by atoms with Gasteiger partial charge in [0.15, 0.2) is 0 Å². The van der Waals surface area contributed by atoms with Crippen molar-refractivity contribution >= 4 is 6.09 Å². The molecule has 1 fully saturated rings. The summed E-state index contributed by atoms with van der Waals surface area (Å²) in [5.41, 5.74) is 0. The van der Waals surface area contributed by atoms with Crippen molar-refractivity contribution in [1.82, 2.24) is 5.32 Å². The lowest BCUT2D eigenvalue weighted by atomic mass is 10.1. The van der Waals surface area contributed by atoms with Crippen molar-refractivity contribution in [1.29, 1.82) is 0 Å². The average molecular weight is 157 g/mol. The van der Waals surface area contributed by atoms with Crippen molar-refractivity contribution in [3.63, 3.8) is 0 Å². The van der Waals surface area contributed by atoms with E-state index >= 15 is 0 Å². The number of carbonyl (C=O) groups is 1. The van der Waals surface area contributed by atoms with Crippen LogP contribution in [0.3, 0.4) is 0 Å². The van der Waals surface area contributed by atoms with Gasteiger partial charge in [0.1, 0.15) is 6.61 Å². The molecule has 0 aliphatic carbocycles. The molecule has 1 unspecified atom stereocenters. The van der Waals surface area contributed by atoms with E-state index in [0.717, 1.165) is 6.42 Å². The zero-order chi connectivity index (χ0) is 8.10. The van der Waals surface area contributed by atoms with Gasteiger partial charge in [-0.05, 0) is 6.42 Å². The molecule has 1 aliphatic heterocycles. The Morgan fingerprint density at radius 1 is 1.64 bits per heavy atom. The maximum Gasteiger partial charge on any atom is 0.407 e. The van der Waals surface area contributed by atoms with Gasteiger partial charge in [0.2, 0.25) is 0 Å². The highest BCUT2D eigenvalue weighted by Gasteiger charge is 2.20. The molecule has 1 atom stereocenters. The van der Waals surface area contributed by atoms with E-state index in [4.69, 9.17) is 4.74 Å². The monoisotopic (exact) mass is 157 g/mol. The lowest BCUT2D eigenvalue weighted by Gasteiger charge is -2.04. The minimum atomic E-state index is -0.258. The zero-order valence-corrected chi connectivity index (χ0v) is 6.93. The Labute approximate surface area is 67.1 Å². The predicted molar refractivity (Wildman–Crippen MR) is 42.4 cm³/mol. The van der Waals surface area contributed by atoms with Gasteiger partial charge in [0.25, 0.3) is 0 Å². The Morgan fingerprint density at radius 3 is 3.00 bits per heavy atom. The van der Waals surface area contributed by atoms with Crippen LogP contribution in [0.1, 0.15) is 32.6 Å². The fourth-order valence-electron chi connectivity index (χ4n) is 1.22. The molecule has 0 aromatic rings. The molecule has 0 spiro atoms. The minimum absolute atomic E-state index is 0.258. The van der Waals surface area contributed by atoms with Crippen LogP contribution in [0.5, 0.6) is 0 Å². The molecule has 0 aromatic carbocycles. The highest BCUT2D eigenvalue weighted by atomic mass is 16.6. The third-order valence-electron chi connectivity index (χ3n) is 1.89. The molecule has 1 aliphatic rings. The standard InChI is InChI=1S/C8H15NO2/c1-2-3-4-5-7-6-11-8(10)9-7/h7H,2-6H2,1H3,(H,9,10). The fraction of sp³-hybridized carbons (Fsp3) is 0.875. The topological polar surface area (TPSA) is 38.3 Å². The molecule has 1 amide bonds. The number of ether oxygens (including phenoxy) is 1. The van der Waals surface area contributed by atoms with E-state index in [1.807, 2.05) is 0 Å². The molecule has 1 saturated heterocycles. The fourth-order valence-corrected chi connectivity index (χ4v) is 1.22. The van der Waals surface area contributed by atoms with Crippen molar-refractivity contribution in [3.05, 3.63) is 0 Å². The lowest BCUT2D eigenvalue weighted by molar-refractivity contribution is 0.176. The lowest BCUT2D eigenvalue weighted by Crippen LogP contribution is -2.25. The molecule has 0 saturated carbocycles. The molecule has 64 valence electrons. The van der Waals surface area contributed by atoms with E-state index < -0.39 is 0 Å². The summed E-state index contributed by atoms with van der Waals surface area (Å²) in [7, 11) is 0. The van der Waals surface area contributed by atoms with Gasteiger partial charge in [0.05, 0.1) is 6.04 Å². The molecule has 0 radical (unpaired) electrons. The van der Waals surface area contributed by atoms with E-state index in [1.54, 1.807) is 0 Å². The maximum absolute atomic E-state index is 10.6. The highest BCUT2D eigenvalue weighted by molar-refractivity contribution is 5.69. The summed E-state index contributed by atoms with van der Waals surface area (Å²) in [6.45, 7) is 2.73. The summed E-state index contributed by atoms with van der Waals surface area (Å²) in [5, 5.41) is 2.75. The van der Waals surface area contributed by atoms with Crippen LogP contribution < -0.4 is 5.32 Å². The summed E-state index contributed by atoms with van der Waals surface area (Å²) in [5.74, 6) is 0. The highest BCUT2D eigenvalue weighted by Crippen LogP contribution is 2.07. The van der Waals surface area contributed by atoms with Gasteiger partial charge < -0.3 is 10.1 Å². The number of carbonyl (C=O) groups excluding carboxylic acids is 1. The van der Waals surface area contributed by atoms with Crippen LogP contribution in [0.4, 0.5) is 4.79 Å². The summed E-state index contributed by atoms with van der Waals surface area (Å²) < 4.78 is 4.75. The Morgan fingerprint density at radius 2 is 2.45 bits per heavy atom. The van der Waals surface area contributed by atoms with Crippen molar-refractivity contribution in [2.45, 2.75) is 38.6 Å². The van der Waals surface area contributed by atoms with Crippen molar-refractivity contribution in [2.24, 2.45) is 0 Å². The maximum atomic E-state index is 10.6. The molecular weight excluding hydrogens is 142 g/mol. The van der Waals surface area contributed by atoms with E-state index in [2.05, 4.69) is 12.2 Å². The normalized spacial score (nSPS) is 23.0. The molecule has 1 N–H and O–H groups in total. The Hall–Kier alpha value is -0.730. The molecular formula is C8H15NO2. The van der Waals surface area contributed by atoms with Crippen molar-refractivity contribution in [3.8, 4) is 0 Å². The predicted octanol–water partition coefficient (Wildman–Crippen LogP) is 1.68. The Bertz CT molecular complexity index is 136. The van der Waals surface area contributed by atoms with Gasteiger partial charge in [-0.15, -0.1) is 0 Å². The third kappa shape index (κ3) is 2.78. The van der Waals surface area contributed by atoms with Gasteiger partial charge >= 0.3 is 6.09 Å². The molecule has 3 heteroatoms. The zero-order valence-electron chi connectivity index (χ0n) is 6.93. The summed E-state index contributed by atoms with van der Waals surface area (Å²) in [6, 6.07) is 0.272. The average Bonchev–Trinajstić information content (AvgIpc) is 2.37. The van der Waals surface area contributed by atoms with Crippen LogP contribution in [0.2, 0.25) is 0 Å². The number of hydrogen-bond donors (Lipinski definition) is 1.